The van der Waals surface area contributed by atoms with Crippen molar-refractivity contribution in [1.29, 1.82) is 0 Å². The molecule has 0 aliphatic rings. The number of Topliss-reactive ketones (excluding diaryl/α,β-unsaturated/α-hetero) is 1. The van der Waals surface area contributed by atoms with Gasteiger partial charge in [0.2, 0.25) is 0 Å². The highest BCUT2D eigenvalue weighted by Crippen LogP contribution is 2.23. The molecule has 2 rings (SSSR count). The maximum absolute atomic E-state index is 13.9. The third-order valence-electron chi connectivity index (χ3n) is 4.03. The van der Waals surface area contributed by atoms with Crippen LogP contribution in [0.15, 0.2) is 42.5 Å². The molecule has 0 spiro atoms. The topological polar surface area (TPSA) is 84.5 Å². The SMILES string of the molecule is C[C@H](NC(=O)OC(C)(C)C)C(=O)Cc1cccc(Cl)c1C(=O)Nc1ccccc1F. The highest BCUT2D eigenvalue weighted by molar-refractivity contribution is 6.34. The summed E-state index contributed by atoms with van der Waals surface area (Å²) in [4.78, 5) is 37.2. The first-order chi connectivity index (χ1) is 14.0. The van der Waals surface area contributed by atoms with Crippen molar-refractivity contribution in [3.8, 4) is 0 Å². The predicted molar refractivity (Wildman–Crippen MR) is 113 cm³/mol. The molecule has 0 radical (unpaired) electrons. The van der Waals surface area contributed by atoms with E-state index < -0.39 is 29.5 Å². The first-order valence-electron chi connectivity index (χ1n) is 9.33. The van der Waals surface area contributed by atoms with Gasteiger partial charge in [0.15, 0.2) is 5.78 Å². The minimum absolute atomic E-state index is 0.000318. The first kappa shape index (κ1) is 23.3. The smallest absolute Gasteiger partial charge is 0.408 e. The summed E-state index contributed by atoms with van der Waals surface area (Å²) in [6, 6.07) is 9.58. The molecule has 30 heavy (non-hydrogen) atoms. The van der Waals surface area contributed by atoms with Gasteiger partial charge in [-0.15, -0.1) is 0 Å². The van der Waals surface area contributed by atoms with Crippen LogP contribution in [0, 0.1) is 5.82 Å². The molecule has 0 saturated carbocycles. The minimum atomic E-state index is -0.846. The van der Waals surface area contributed by atoms with Gasteiger partial charge in [0.25, 0.3) is 5.91 Å². The standard InChI is InChI=1S/C22H24ClFN2O4/c1-13(25-21(29)30-22(2,3)4)18(27)12-14-8-7-9-15(23)19(14)20(28)26-17-11-6-5-10-16(17)24/h5-11,13H,12H2,1-4H3,(H,25,29)(H,26,28)/t13-/m0/s1. The number of ether oxygens (including phenoxy) is 1. The number of anilines is 1. The van der Waals surface area contributed by atoms with Gasteiger partial charge in [-0.2, -0.15) is 0 Å². The monoisotopic (exact) mass is 434 g/mol. The van der Waals surface area contributed by atoms with Crippen molar-refractivity contribution in [1.82, 2.24) is 5.32 Å². The van der Waals surface area contributed by atoms with E-state index in [0.717, 1.165) is 0 Å². The van der Waals surface area contributed by atoms with E-state index in [9.17, 15) is 18.8 Å². The number of ketones is 1. The van der Waals surface area contributed by atoms with Gasteiger partial charge in [0, 0.05) is 6.42 Å². The van der Waals surface area contributed by atoms with Crippen LogP contribution in [0.3, 0.4) is 0 Å². The van der Waals surface area contributed by atoms with Crippen LogP contribution in [-0.2, 0) is 16.0 Å². The van der Waals surface area contributed by atoms with E-state index in [2.05, 4.69) is 10.6 Å². The van der Waals surface area contributed by atoms with E-state index in [4.69, 9.17) is 16.3 Å². The molecule has 2 N–H and O–H groups in total. The van der Waals surface area contributed by atoms with Crippen molar-refractivity contribution in [3.63, 3.8) is 0 Å². The van der Waals surface area contributed by atoms with Crippen LogP contribution in [0.25, 0.3) is 0 Å². The van der Waals surface area contributed by atoms with Crippen molar-refractivity contribution in [2.75, 3.05) is 5.32 Å². The van der Waals surface area contributed by atoms with E-state index >= 15 is 0 Å². The summed E-state index contributed by atoms with van der Waals surface area (Å²) in [7, 11) is 0. The predicted octanol–water partition coefficient (Wildman–Crippen LogP) is 4.76. The third kappa shape index (κ3) is 6.56. The van der Waals surface area contributed by atoms with Gasteiger partial charge in [0.05, 0.1) is 22.3 Å². The lowest BCUT2D eigenvalue weighted by molar-refractivity contribution is -0.120. The molecule has 160 valence electrons. The number of hydrogen-bond donors (Lipinski definition) is 2. The molecule has 0 bridgehead atoms. The van der Waals surface area contributed by atoms with E-state index in [1.807, 2.05) is 0 Å². The fraction of sp³-hybridized carbons (Fsp3) is 0.318. The van der Waals surface area contributed by atoms with Gasteiger partial charge in [-0.3, -0.25) is 9.59 Å². The lowest BCUT2D eigenvalue weighted by Crippen LogP contribution is -2.42. The second-order valence-electron chi connectivity index (χ2n) is 7.72. The summed E-state index contributed by atoms with van der Waals surface area (Å²) in [5.41, 5.74) is -0.267. The van der Waals surface area contributed by atoms with Gasteiger partial charge in [-0.05, 0) is 51.5 Å². The second-order valence-corrected chi connectivity index (χ2v) is 8.13. The number of amides is 2. The number of rotatable bonds is 6. The summed E-state index contributed by atoms with van der Waals surface area (Å²) >= 11 is 6.19. The first-order valence-corrected chi connectivity index (χ1v) is 9.71. The van der Waals surface area contributed by atoms with Crippen molar-refractivity contribution in [3.05, 3.63) is 64.4 Å². The van der Waals surface area contributed by atoms with E-state index in [-0.39, 0.29) is 28.5 Å². The van der Waals surface area contributed by atoms with Gasteiger partial charge >= 0.3 is 6.09 Å². The molecule has 0 aliphatic carbocycles. The van der Waals surface area contributed by atoms with Crippen molar-refractivity contribution in [2.45, 2.75) is 45.8 Å². The molecule has 2 amide bonds. The number of benzene rings is 2. The Bertz CT molecular complexity index is 956. The summed E-state index contributed by atoms with van der Waals surface area (Å²) < 4.78 is 19.0. The van der Waals surface area contributed by atoms with Crippen LogP contribution >= 0.6 is 11.6 Å². The Morgan fingerprint density at radius 2 is 1.77 bits per heavy atom. The third-order valence-corrected chi connectivity index (χ3v) is 4.34. The molecule has 0 heterocycles. The number of carbonyl (C=O) groups is 3. The lowest BCUT2D eigenvalue weighted by Gasteiger charge is -2.21. The average molecular weight is 435 g/mol. The zero-order valence-electron chi connectivity index (χ0n) is 17.2. The normalized spacial score (nSPS) is 12.1. The molecule has 2 aromatic rings. The van der Waals surface area contributed by atoms with Crippen molar-refractivity contribution >= 4 is 35.1 Å². The fourth-order valence-corrected chi connectivity index (χ4v) is 2.90. The number of alkyl carbamates (subject to hydrolysis) is 1. The number of carbonyl (C=O) groups excluding carboxylic acids is 3. The van der Waals surface area contributed by atoms with Gasteiger partial charge in [-0.1, -0.05) is 35.9 Å². The Kier molecular flexibility index (Phi) is 7.56. The van der Waals surface area contributed by atoms with Crippen LogP contribution in [0.2, 0.25) is 5.02 Å². The Labute approximate surface area is 179 Å². The fourth-order valence-electron chi connectivity index (χ4n) is 2.62. The van der Waals surface area contributed by atoms with E-state index in [1.54, 1.807) is 39.0 Å². The molecule has 1 atom stereocenters. The summed E-state index contributed by atoms with van der Waals surface area (Å²) in [6.45, 7) is 6.67. The number of hydrogen-bond acceptors (Lipinski definition) is 4. The Hall–Kier alpha value is -2.93. The summed E-state index contributed by atoms with van der Waals surface area (Å²) in [6.07, 6.45) is -0.871. The maximum atomic E-state index is 13.9. The molecule has 8 heteroatoms. The average Bonchev–Trinajstić information content (AvgIpc) is 2.61. The molecule has 6 nitrogen and oxygen atoms in total. The minimum Gasteiger partial charge on any atom is -0.444 e. The Balaban J connectivity index is 2.16. The van der Waals surface area contributed by atoms with Crippen LogP contribution in [0.4, 0.5) is 14.9 Å². The summed E-state index contributed by atoms with van der Waals surface area (Å²) in [5, 5.41) is 5.07. The molecular formula is C22H24ClFN2O4. The van der Waals surface area contributed by atoms with Gasteiger partial charge in [-0.25, -0.2) is 9.18 Å². The molecule has 0 aliphatic heterocycles. The highest BCUT2D eigenvalue weighted by atomic mass is 35.5. The summed E-state index contributed by atoms with van der Waals surface area (Å²) in [5.74, 6) is -1.57. The number of nitrogens with one attached hydrogen (secondary N) is 2. The zero-order chi connectivity index (χ0) is 22.5. The van der Waals surface area contributed by atoms with Crippen LogP contribution in [-0.4, -0.2) is 29.4 Å². The Morgan fingerprint density at radius 3 is 2.40 bits per heavy atom. The number of para-hydroxylation sites is 1. The molecule has 0 fully saturated rings. The highest BCUT2D eigenvalue weighted by Gasteiger charge is 2.24. The van der Waals surface area contributed by atoms with Crippen LogP contribution in [0.1, 0.15) is 43.6 Å². The van der Waals surface area contributed by atoms with Gasteiger partial charge in [0.1, 0.15) is 11.4 Å². The van der Waals surface area contributed by atoms with E-state index in [1.165, 1.54) is 31.2 Å². The molecule has 2 aromatic carbocycles. The van der Waals surface area contributed by atoms with Gasteiger partial charge < -0.3 is 15.4 Å². The molecule has 0 saturated heterocycles. The van der Waals surface area contributed by atoms with E-state index in [0.29, 0.717) is 5.56 Å². The molecule has 0 aromatic heterocycles. The van der Waals surface area contributed by atoms with Crippen LogP contribution in [0.5, 0.6) is 0 Å². The Morgan fingerprint density at radius 1 is 1.10 bits per heavy atom. The lowest BCUT2D eigenvalue weighted by atomic mass is 9.99. The maximum Gasteiger partial charge on any atom is 0.408 e. The van der Waals surface area contributed by atoms with Crippen molar-refractivity contribution < 1.29 is 23.5 Å². The number of halogens is 2. The quantitative estimate of drug-likeness (QED) is 0.686. The zero-order valence-corrected chi connectivity index (χ0v) is 18.0. The van der Waals surface area contributed by atoms with Crippen molar-refractivity contribution in [2.24, 2.45) is 0 Å². The second kappa shape index (κ2) is 9.71. The van der Waals surface area contributed by atoms with Crippen LogP contribution < -0.4 is 10.6 Å². The molecular weight excluding hydrogens is 411 g/mol. The molecule has 0 unspecified atom stereocenters. The largest absolute Gasteiger partial charge is 0.444 e.